The fourth-order valence-electron chi connectivity index (χ4n) is 5.49. The predicted molar refractivity (Wildman–Crippen MR) is 147 cm³/mol. The Morgan fingerprint density at radius 3 is 1.79 bits per heavy atom. The number of nitrogens with one attached hydrogen (secondary N) is 1. The lowest BCUT2D eigenvalue weighted by molar-refractivity contribution is -0.372. The highest BCUT2D eigenvalue weighted by Gasteiger charge is 2.54. The molecule has 3 fully saturated rings. The Morgan fingerprint density at radius 2 is 1.25 bits per heavy atom. The van der Waals surface area contributed by atoms with Crippen LogP contribution in [0.3, 0.4) is 0 Å². The Labute approximate surface area is 272 Å². The van der Waals surface area contributed by atoms with Crippen molar-refractivity contribution < 1.29 is 104 Å². The van der Waals surface area contributed by atoms with Crippen molar-refractivity contribution in [2.24, 2.45) is 0 Å². The molecule has 3 aliphatic heterocycles. The molecule has 19 atom stereocenters. The van der Waals surface area contributed by atoms with Gasteiger partial charge in [-0.05, 0) is 0 Å². The van der Waals surface area contributed by atoms with Crippen molar-refractivity contribution in [3.8, 4) is 0 Å². The molecule has 19 unspecified atom stereocenters. The number of aldehydes is 1. The molecule has 22 heteroatoms. The maximum Gasteiger partial charge on any atom is 0.217 e. The first kappa shape index (κ1) is 40.8. The molecule has 48 heavy (non-hydrogen) atoms. The van der Waals surface area contributed by atoms with E-state index in [0.29, 0.717) is 0 Å². The topological polar surface area (TPSA) is 365 Å². The monoisotopic (exact) mass is 707 g/mol. The number of amides is 1. The number of carbonyl (C=O) groups is 2. The molecule has 0 radical (unpaired) electrons. The average Bonchev–Trinajstić information content (AvgIpc) is 3.07. The lowest BCUT2D eigenvalue weighted by Gasteiger charge is -2.49. The fourth-order valence-corrected chi connectivity index (χ4v) is 5.49. The van der Waals surface area contributed by atoms with Crippen LogP contribution in [0.5, 0.6) is 0 Å². The van der Waals surface area contributed by atoms with Crippen LogP contribution in [0.1, 0.15) is 6.92 Å². The Balaban J connectivity index is 1.88. The summed E-state index contributed by atoms with van der Waals surface area (Å²) in [6.07, 6.45) is -33.7. The van der Waals surface area contributed by atoms with E-state index in [0.717, 1.165) is 6.92 Å². The highest BCUT2D eigenvalue weighted by molar-refractivity contribution is 5.73. The molecule has 0 spiro atoms. The molecule has 3 aliphatic rings. The van der Waals surface area contributed by atoms with E-state index in [9.17, 15) is 76.0 Å². The van der Waals surface area contributed by atoms with Gasteiger partial charge in [-0.25, -0.2) is 0 Å². The Bertz CT molecular complexity index is 1010. The molecule has 0 aromatic carbocycles. The number of hydrogen-bond acceptors (Lipinski definition) is 21. The summed E-state index contributed by atoms with van der Waals surface area (Å²) in [4.78, 5) is 23.1. The molecule has 0 aliphatic carbocycles. The molecule has 0 aromatic heterocycles. The van der Waals surface area contributed by atoms with Gasteiger partial charge in [0.2, 0.25) is 5.91 Å². The maximum absolute atomic E-state index is 12.1. The van der Waals surface area contributed by atoms with Crippen LogP contribution in [-0.2, 0) is 38.0 Å². The zero-order chi connectivity index (χ0) is 36.0. The molecule has 280 valence electrons. The smallest absolute Gasteiger partial charge is 0.217 e. The Morgan fingerprint density at radius 1 is 0.708 bits per heavy atom. The standard InChI is InChI=1S/C26H45NO21/c1-7(33)27-13-17(39)22(47-25-19(41)18(40)15(37)10(4-30)43-25)12(6-32)45-24(13)48-23-16(38)11(5-31)44-26(20(23)42)46-21(9(35)3-29)14(36)8(34)2-28/h2,8-26,29-32,34-42H,3-6H2,1H3,(H,27,33). The van der Waals surface area contributed by atoms with E-state index < -0.39 is 149 Å². The van der Waals surface area contributed by atoms with E-state index in [4.69, 9.17) is 28.4 Å². The van der Waals surface area contributed by atoms with Gasteiger partial charge in [0, 0.05) is 6.92 Å². The SMILES string of the molecule is CC(=O)NC1C(OC2C(O)C(CO)OC(OC(C(O)CO)C(O)C(O)C=O)C2O)OC(CO)C(OC2OC(CO)C(O)C(O)C2O)C1O. The van der Waals surface area contributed by atoms with Gasteiger partial charge in [0.1, 0.15) is 97.6 Å². The second-order valence-corrected chi connectivity index (χ2v) is 11.5. The molecule has 3 saturated heterocycles. The van der Waals surface area contributed by atoms with Crippen LogP contribution in [0.4, 0.5) is 0 Å². The third-order valence-electron chi connectivity index (χ3n) is 8.16. The van der Waals surface area contributed by atoms with Gasteiger partial charge in [-0.3, -0.25) is 4.79 Å². The minimum absolute atomic E-state index is 0.102. The van der Waals surface area contributed by atoms with Gasteiger partial charge < -0.3 is 105 Å². The summed E-state index contributed by atoms with van der Waals surface area (Å²) in [7, 11) is 0. The zero-order valence-electron chi connectivity index (χ0n) is 25.5. The maximum atomic E-state index is 12.1. The first-order valence-electron chi connectivity index (χ1n) is 14.9. The third kappa shape index (κ3) is 8.99. The molecule has 14 N–H and O–H groups in total. The Kier molecular flexibility index (Phi) is 15.3. The van der Waals surface area contributed by atoms with Crippen LogP contribution < -0.4 is 5.32 Å². The molecule has 0 saturated carbocycles. The molecular weight excluding hydrogens is 662 g/mol. The van der Waals surface area contributed by atoms with Crippen LogP contribution in [-0.4, -0.2) is 221 Å². The number of rotatable bonds is 15. The summed E-state index contributed by atoms with van der Waals surface area (Å²) in [5.74, 6) is -0.781. The minimum Gasteiger partial charge on any atom is -0.394 e. The molecule has 1 amide bonds. The van der Waals surface area contributed by atoms with E-state index in [1.165, 1.54) is 0 Å². The van der Waals surface area contributed by atoms with Crippen LogP contribution >= 0.6 is 0 Å². The van der Waals surface area contributed by atoms with Crippen molar-refractivity contribution in [2.75, 3.05) is 26.4 Å². The van der Waals surface area contributed by atoms with Gasteiger partial charge in [0.15, 0.2) is 25.2 Å². The van der Waals surface area contributed by atoms with Gasteiger partial charge in [0.05, 0.1) is 26.4 Å². The van der Waals surface area contributed by atoms with Crippen molar-refractivity contribution in [2.45, 2.75) is 123 Å². The van der Waals surface area contributed by atoms with E-state index in [-0.39, 0.29) is 6.29 Å². The van der Waals surface area contributed by atoms with Crippen molar-refractivity contribution in [1.82, 2.24) is 5.32 Å². The van der Waals surface area contributed by atoms with Crippen LogP contribution in [0.2, 0.25) is 0 Å². The molecule has 22 nitrogen and oxygen atoms in total. The largest absolute Gasteiger partial charge is 0.394 e. The van der Waals surface area contributed by atoms with Crippen LogP contribution in [0, 0.1) is 0 Å². The van der Waals surface area contributed by atoms with Gasteiger partial charge in [-0.2, -0.15) is 0 Å². The summed E-state index contributed by atoms with van der Waals surface area (Å²) in [6.45, 7) is -2.73. The van der Waals surface area contributed by atoms with Crippen molar-refractivity contribution in [1.29, 1.82) is 0 Å². The van der Waals surface area contributed by atoms with E-state index in [1.54, 1.807) is 0 Å². The molecule has 0 bridgehead atoms. The quantitative estimate of drug-likeness (QED) is 0.0702. The third-order valence-corrected chi connectivity index (χ3v) is 8.16. The molecule has 3 heterocycles. The van der Waals surface area contributed by atoms with E-state index in [1.807, 2.05) is 0 Å². The zero-order valence-corrected chi connectivity index (χ0v) is 25.5. The van der Waals surface area contributed by atoms with Gasteiger partial charge in [-0.1, -0.05) is 0 Å². The first-order valence-corrected chi connectivity index (χ1v) is 14.9. The number of aliphatic hydroxyl groups excluding tert-OH is 13. The van der Waals surface area contributed by atoms with Gasteiger partial charge >= 0.3 is 0 Å². The van der Waals surface area contributed by atoms with Crippen molar-refractivity contribution >= 4 is 12.2 Å². The van der Waals surface area contributed by atoms with E-state index >= 15 is 0 Å². The highest BCUT2D eigenvalue weighted by Crippen LogP contribution is 2.33. The number of hydrogen-bond donors (Lipinski definition) is 14. The summed E-state index contributed by atoms with van der Waals surface area (Å²) < 4.78 is 33.1. The molecular formula is C26H45NO21. The van der Waals surface area contributed by atoms with Crippen molar-refractivity contribution in [3.05, 3.63) is 0 Å². The molecule has 3 rings (SSSR count). The summed E-state index contributed by atoms with van der Waals surface area (Å²) in [5, 5.41) is 135. The summed E-state index contributed by atoms with van der Waals surface area (Å²) >= 11 is 0. The van der Waals surface area contributed by atoms with Crippen LogP contribution in [0.15, 0.2) is 0 Å². The minimum atomic E-state index is -2.17. The molecule has 0 aromatic rings. The second kappa shape index (κ2) is 18.0. The number of ether oxygens (including phenoxy) is 6. The lowest BCUT2D eigenvalue weighted by Crippen LogP contribution is -2.69. The number of aliphatic hydroxyl groups is 13. The van der Waals surface area contributed by atoms with E-state index in [2.05, 4.69) is 5.32 Å². The second-order valence-electron chi connectivity index (χ2n) is 11.5. The van der Waals surface area contributed by atoms with Gasteiger partial charge in [0.25, 0.3) is 0 Å². The average molecular weight is 708 g/mol. The van der Waals surface area contributed by atoms with Crippen LogP contribution in [0.25, 0.3) is 0 Å². The Hall–Kier alpha value is -1.62. The van der Waals surface area contributed by atoms with Crippen molar-refractivity contribution in [3.63, 3.8) is 0 Å². The predicted octanol–water partition coefficient (Wildman–Crippen LogP) is -9.76. The summed E-state index contributed by atoms with van der Waals surface area (Å²) in [6, 6.07) is -1.65. The summed E-state index contributed by atoms with van der Waals surface area (Å²) in [5.41, 5.74) is 0. The number of carbonyl (C=O) groups excluding carboxylic acids is 2. The lowest BCUT2D eigenvalue weighted by atomic mass is 9.94. The normalized spacial score (nSPS) is 43.2. The fraction of sp³-hybridized carbons (Fsp3) is 0.923. The highest BCUT2D eigenvalue weighted by atomic mass is 16.8. The van der Waals surface area contributed by atoms with Gasteiger partial charge in [-0.15, -0.1) is 0 Å². The first-order chi connectivity index (χ1) is 22.6.